The number of carbonyl (C=O) groups excluding carboxylic acids is 7. The van der Waals surface area contributed by atoms with Crippen LogP contribution in [-0.4, -0.2) is 120 Å². The molecule has 302 valence electrons. The number of methoxy groups -OCH3 is 1. The van der Waals surface area contributed by atoms with E-state index in [0.717, 1.165) is 31.7 Å². The minimum atomic E-state index is -2.12. The highest BCUT2D eigenvalue weighted by atomic mass is 28.4. The molecule has 0 saturated heterocycles. The smallest absolute Gasteiger partial charge is 0.334 e. The molecule has 0 saturated carbocycles. The zero-order chi connectivity index (χ0) is 40.6. The Morgan fingerprint density at radius 2 is 1.16 bits per heavy atom. The van der Waals surface area contributed by atoms with Crippen molar-refractivity contribution in [1.82, 2.24) is 5.32 Å². The van der Waals surface area contributed by atoms with E-state index in [1.54, 1.807) is 7.11 Å². The van der Waals surface area contributed by atoms with E-state index in [0.29, 0.717) is 45.8 Å². The van der Waals surface area contributed by atoms with E-state index >= 15 is 0 Å². The molecule has 0 rings (SSSR count). The summed E-state index contributed by atoms with van der Waals surface area (Å²) >= 11 is 0. The van der Waals surface area contributed by atoms with Gasteiger partial charge in [0, 0.05) is 54.2 Å². The molecule has 0 aliphatic heterocycles. The van der Waals surface area contributed by atoms with Crippen LogP contribution >= 0.6 is 0 Å². The third-order valence-electron chi connectivity index (χ3n) is 6.70. The predicted molar refractivity (Wildman–Crippen MR) is 204 cm³/mol. The van der Waals surface area contributed by atoms with Crippen molar-refractivity contribution in [1.29, 1.82) is 0 Å². The average Bonchev–Trinajstić information content (AvgIpc) is 3.11. The fraction of sp³-hybridized carbons (Fsp3) is 0.800. The van der Waals surface area contributed by atoms with E-state index in [1.807, 2.05) is 54.6 Å². The fourth-order valence-corrected chi connectivity index (χ4v) is 7.71. The summed E-state index contributed by atoms with van der Waals surface area (Å²) in [6.07, 6.45) is 5.26. The lowest BCUT2D eigenvalue weighted by Crippen LogP contribution is -2.39. The van der Waals surface area contributed by atoms with E-state index in [4.69, 9.17) is 42.2 Å². The molecule has 51 heavy (non-hydrogen) atoms. The van der Waals surface area contributed by atoms with Gasteiger partial charge < -0.3 is 47.5 Å². The summed E-state index contributed by atoms with van der Waals surface area (Å²) in [6, 6.07) is 2.09. The number of rotatable bonds is 27. The zero-order valence-electron chi connectivity index (χ0n) is 33.2. The molecule has 1 atom stereocenters. The number of carbonyl (C=O) groups is 7. The Morgan fingerprint density at radius 1 is 0.647 bits per heavy atom. The second-order valence-corrected chi connectivity index (χ2v) is 21.2. The molecule has 0 bridgehead atoms. The van der Waals surface area contributed by atoms with Gasteiger partial charge >= 0.3 is 20.5 Å². The van der Waals surface area contributed by atoms with Gasteiger partial charge in [0.1, 0.15) is 39.4 Å². The van der Waals surface area contributed by atoms with Gasteiger partial charge in [0.25, 0.3) is 0 Å². The van der Waals surface area contributed by atoms with Gasteiger partial charge in [-0.15, -0.1) is 0 Å². The van der Waals surface area contributed by atoms with E-state index in [-0.39, 0.29) is 62.2 Å². The van der Waals surface area contributed by atoms with Crippen molar-refractivity contribution in [3.8, 4) is 0 Å². The first-order valence-electron chi connectivity index (χ1n) is 17.6. The first-order chi connectivity index (χ1) is 24.2. The van der Waals surface area contributed by atoms with Gasteiger partial charge in [-0.25, -0.2) is 0 Å². The number of amides is 1. The maximum Gasteiger partial charge on any atom is 0.334 e. The number of unbranched alkanes of at least 4 members (excludes halogenated alkanes) is 1. The van der Waals surface area contributed by atoms with Gasteiger partial charge in [0.05, 0.1) is 32.2 Å². The molecule has 0 aromatic heterocycles. The first kappa shape index (κ1) is 57.7. The molecular weight excluding hydrogens is 699 g/mol. The summed E-state index contributed by atoms with van der Waals surface area (Å²) in [5.41, 5.74) is 0. The lowest BCUT2D eigenvalue weighted by molar-refractivity contribution is -0.147. The van der Waals surface area contributed by atoms with Crippen LogP contribution in [0.5, 0.6) is 0 Å². The molecule has 0 radical (unpaired) electrons. The van der Waals surface area contributed by atoms with Gasteiger partial charge in [-0.1, -0.05) is 39.0 Å². The largest absolute Gasteiger partial charge is 0.463 e. The number of ether oxygens (including phenoxy) is 4. The molecule has 14 nitrogen and oxygen atoms in total. The summed E-state index contributed by atoms with van der Waals surface area (Å²) in [6.45, 7) is 26.1. The van der Waals surface area contributed by atoms with E-state index < -0.39 is 16.6 Å². The topological polar surface area (TPSA) is 187 Å². The zero-order valence-corrected chi connectivity index (χ0v) is 35.2. The van der Waals surface area contributed by atoms with Gasteiger partial charge in [-0.05, 0) is 52.6 Å². The van der Waals surface area contributed by atoms with Crippen LogP contribution in [0.3, 0.4) is 0 Å². The molecule has 0 aliphatic rings. The number of ketones is 1. The van der Waals surface area contributed by atoms with Crippen molar-refractivity contribution < 1.29 is 61.4 Å². The van der Waals surface area contributed by atoms with Crippen LogP contribution in [0, 0.1) is 0 Å². The Hall–Kier alpha value is -2.64. The SMILES string of the molecule is C=O.C=O.C=O.CCO[Si](C)(CCCNC(=O)CCC(=O)OCCOC(C)CC)OCC.COCCOC(=O)CCC(=O)CCCC[Si](C)(C)C. The molecule has 0 heterocycles. The summed E-state index contributed by atoms with van der Waals surface area (Å²) < 4.78 is 31.6. The van der Waals surface area contributed by atoms with Crippen LogP contribution < -0.4 is 5.32 Å². The standard InChI is InChI=1S/C18H37NO6Si.C14H28O4Si.3CH2O/c1-6-16(4)22-13-14-23-18(21)11-10-17(20)19-12-9-15-26(5,24-7-2)25-8-3;1-17-10-11-18-14(16)9-8-13(15)7-5-6-12-19(2,3)4;3*1-2/h16H,6-15H2,1-5H3,(H,19,20);5-12H2,1-4H3;3*1H2. The van der Waals surface area contributed by atoms with E-state index in [2.05, 4.69) is 25.0 Å². The predicted octanol–water partition coefficient (Wildman–Crippen LogP) is 5.26. The third-order valence-corrected chi connectivity index (χ3v) is 11.6. The van der Waals surface area contributed by atoms with Crippen LogP contribution in [0.2, 0.25) is 38.3 Å². The maximum absolute atomic E-state index is 11.8. The van der Waals surface area contributed by atoms with Crippen LogP contribution in [0.4, 0.5) is 0 Å². The van der Waals surface area contributed by atoms with Crippen molar-refractivity contribution in [3.05, 3.63) is 0 Å². The van der Waals surface area contributed by atoms with Gasteiger partial charge in [0.15, 0.2) is 0 Å². The Morgan fingerprint density at radius 3 is 1.63 bits per heavy atom. The summed E-state index contributed by atoms with van der Waals surface area (Å²) in [4.78, 5) is 70.2. The molecule has 1 N–H and O–H groups in total. The van der Waals surface area contributed by atoms with E-state index in [9.17, 15) is 19.2 Å². The number of esters is 2. The number of nitrogens with one attached hydrogen (secondary N) is 1. The quantitative estimate of drug-likeness (QED) is 0.0649. The van der Waals surface area contributed by atoms with Gasteiger partial charge in [0.2, 0.25) is 5.91 Å². The normalized spacial score (nSPS) is 10.9. The minimum Gasteiger partial charge on any atom is -0.463 e. The molecule has 1 amide bonds. The highest BCUT2D eigenvalue weighted by Crippen LogP contribution is 2.16. The average molecular weight is 770 g/mol. The molecule has 0 aliphatic carbocycles. The Kier molecular flexibility index (Phi) is 47.3. The van der Waals surface area contributed by atoms with Gasteiger partial charge in [-0.3, -0.25) is 19.2 Å². The number of Topliss-reactive ketones (excluding diaryl/α,β-unsaturated/α-hetero) is 1. The second kappa shape index (κ2) is 41.8. The Bertz CT molecular complexity index is 834. The van der Waals surface area contributed by atoms with Crippen LogP contribution in [0.25, 0.3) is 0 Å². The molecular formula is C35H71NO13Si2. The number of hydrogen-bond donors (Lipinski definition) is 1. The summed E-state index contributed by atoms with van der Waals surface area (Å²) in [5.74, 6) is -0.665. The van der Waals surface area contributed by atoms with Crippen LogP contribution in [0.1, 0.15) is 85.5 Å². The first-order valence-corrected chi connectivity index (χ1v) is 23.8. The van der Waals surface area contributed by atoms with Crippen molar-refractivity contribution >= 4 is 60.6 Å². The molecule has 0 aromatic rings. The molecule has 16 heteroatoms. The van der Waals surface area contributed by atoms with Crippen molar-refractivity contribution in [2.45, 2.75) is 130 Å². The minimum absolute atomic E-state index is 0.0829. The molecule has 0 spiro atoms. The lowest BCUT2D eigenvalue weighted by atomic mass is 10.1. The second-order valence-electron chi connectivity index (χ2n) is 12.3. The summed E-state index contributed by atoms with van der Waals surface area (Å²) in [7, 11) is -1.55. The third kappa shape index (κ3) is 47.4. The van der Waals surface area contributed by atoms with Crippen LogP contribution in [0.15, 0.2) is 0 Å². The molecule has 0 fully saturated rings. The fourth-order valence-electron chi connectivity index (χ4n) is 3.99. The number of hydrogen-bond acceptors (Lipinski definition) is 13. The molecule has 1 unspecified atom stereocenters. The van der Waals surface area contributed by atoms with E-state index in [1.165, 1.54) is 6.04 Å². The van der Waals surface area contributed by atoms with Gasteiger partial charge in [-0.2, -0.15) is 0 Å². The maximum atomic E-state index is 11.8. The van der Waals surface area contributed by atoms with Crippen molar-refractivity contribution in [3.63, 3.8) is 0 Å². The summed E-state index contributed by atoms with van der Waals surface area (Å²) in [5, 5.41) is 2.82. The molecule has 0 aromatic carbocycles. The Balaban J connectivity index is -0.000000249. The monoisotopic (exact) mass is 769 g/mol. The lowest BCUT2D eigenvalue weighted by Gasteiger charge is -2.25. The van der Waals surface area contributed by atoms with Crippen LogP contribution in [-0.2, 0) is 61.4 Å². The highest BCUT2D eigenvalue weighted by molar-refractivity contribution is 6.76. The Labute approximate surface area is 310 Å². The van der Waals surface area contributed by atoms with Crippen molar-refractivity contribution in [2.24, 2.45) is 0 Å². The highest BCUT2D eigenvalue weighted by Gasteiger charge is 2.29. The van der Waals surface area contributed by atoms with Crippen molar-refractivity contribution in [2.75, 3.05) is 53.3 Å².